The number of hydrogen-bond donors (Lipinski definition) is 2. The fourth-order valence-corrected chi connectivity index (χ4v) is 2.35. The van der Waals surface area contributed by atoms with Crippen LogP contribution in [0.25, 0.3) is 0 Å². The summed E-state index contributed by atoms with van der Waals surface area (Å²) < 4.78 is 0. The van der Waals surface area contributed by atoms with Gasteiger partial charge in [-0.1, -0.05) is 0 Å². The Morgan fingerprint density at radius 2 is 2.35 bits per heavy atom. The summed E-state index contributed by atoms with van der Waals surface area (Å²) in [6.07, 6.45) is 3.11. The lowest BCUT2D eigenvalue weighted by Gasteiger charge is -2.08. The van der Waals surface area contributed by atoms with Crippen LogP contribution in [-0.4, -0.2) is 10.9 Å². The minimum Gasteiger partial charge on any atom is -0.379 e. The highest BCUT2D eigenvalue weighted by Crippen LogP contribution is 2.19. The topological polar surface area (TPSA) is 68.0 Å². The Balaban J connectivity index is 2.14. The van der Waals surface area contributed by atoms with Gasteiger partial charge in [-0.25, -0.2) is 0 Å². The standard InChI is InChI=1S/C12H13N3OS/c1-8-3-5-17-11(8)7-15-10-2-4-14-6-9(10)12(13)16/h2-6H,7H2,1H3,(H2,13,16)(H,14,15). The molecule has 0 fully saturated rings. The number of nitrogens with two attached hydrogens (primary N) is 1. The monoisotopic (exact) mass is 247 g/mol. The zero-order valence-electron chi connectivity index (χ0n) is 9.43. The van der Waals surface area contributed by atoms with Crippen molar-refractivity contribution in [3.05, 3.63) is 45.9 Å². The predicted molar refractivity (Wildman–Crippen MR) is 69.1 cm³/mol. The molecule has 0 aliphatic rings. The summed E-state index contributed by atoms with van der Waals surface area (Å²) in [7, 11) is 0. The van der Waals surface area contributed by atoms with E-state index in [0.717, 1.165) is 5.69 Å². The van der Waals surface area contributed by atoms with Gasteiger partial charge in [0.1, 0.15) is 0 Å². The van der Waals surface area contributed by atoms with Crippen LogP contribution in [0.1, 0.15) is 20.8 Å². The maximum Gasteiger partial charge on any atom is 0.252 e. The van der Waals surface area contributed by atoms with Crippen LogP contribution >= 0.6 is 11.3 Å². The van der Waals surface area contributed by atoms with Crippen molar-refractivity contribution in [2.75, 3.05) is 5.32 Å². The average molecular weight is 247 g/mol. The zero-order valence-corrected chi connectivity index (χ0v) is 10.3. The summed E-state index contributed by atoms with van der Waals surface area (Å²) in [4.78, 5) is 16.3. The predicted octanol–water partition coefficient (Wildman–Crippen LogP) is 2.16. The lowest BCUT2D eigenvalue weighted by Crippen LogP contribution is -2.14. The summed E-state index contributed by atoms with van der Waals surface area (Å²) >= 11 is 1.69. The van der Waals surface area contributed by atoms with Gasteiger partial charge < -0.3 is 11.1 Å². The van der Waals surface area contributed by atoms with Crippen molar-refractivity contribution in [1.82, 2.24) is 4.98 Å². The molecule has 0 aromatic carbocycles. The molecule has 0 saturated heterocycles. The van der Waals surface area contributed by atoms with Crippen molar-refractivity contribution < 1.29 is 4.79 Å². The summed E-state index contributed by atoms with van der Waals surface area (Å²) in [6.45, 7) is 2.75. The van der Waals surface area contributed by atoms with E-state index in [2.05, 4.69) is 23.3 Å². The first-order valence-electron chi connectivity index (χ1n) is 5.19. The molecule has 0 aliphatic carbocycles. The first kappa shape index (κ1) is 11.6. The van der Waals surface area contributed by atoms with Gasteiger partial charge in [-0.15, -0.1) is 11.3 Å². The van der Waals surface area contributed by atoms with Gasteiger partial charge in [0.15, 0.2) is 0 Å². The van der Waals surface area contributed by atoms with Gasteiger partial charge >= 0.3 is 0 Å². The number of aryl methyl sites for hydroxylation is 1. The number of anilines is 1. The van der Waals surface area contributed by atoms with E-state index in [1.165, 1.54) is 16.6 Å². The fourth-order valence-electron chi connectivity index (χ4n) is 1.51. The number of nitrogens with one attached hydrogen (secondary N) is 1. The van der Waals surface area contributed by atoms with Gasteiger partial charge in [-0.3, -0.25) is 9.78 Å². The van der Waals surface area contributed by atoms with Crippen molar-refractivity contribution in [2.45, 2.75) is 13.5 Å². The second-order valence-electron chi connectivity index (χ2n) is 3.67. The summed E-state index contributed by atoms with van der Waals surface area (Å²) in [5.41, 5.74) is 7.67. The van der Waals surface area contributed by atoms with Crippen LogP contribution in [-0.2, 0) is 6.54 Å². The van der Waals surface area contributed by atoms with Crippen molar-refractivity contribution in [3.8, 4) is 0 Å². The van der Waals surface area contributed by atoms with Crippen molar-refractivity contribution in [2.24, 2.45) is 5.73 Å². The number of carbonyl (C=O) groups is 1. The molecule has 0 spiro atoms. The lowest BCUT2D eigenvalue weighted by molar-refractivity contribution is 0.100. The van der Waals surface area contributed by atoms with Gasteiger partial charge in [-0.05, 0) is 30.0 Å². The Morgan fingerprint density at radius 3 is 3.00 bits per heavy atom. The van der Waals surface area contributed by atoms with Crippen LogP contribution in [0.4, 0.5) is 5.69 Å². The molecule has 1 amide bonds. The van der Waals surface area contributed by atoms with E-state index < -0.39 is 5.91 Å². The van der Waals surface area contributed by atoms with Crippen LogP contribution in [0.15, 0.2) is 29.9 Å². The number of pyridine rings is 1. The molecule has 5 heteroatoms. The Morgan fingerprint density at radius 1 is 1.53 bits per heavy atom. The molecule has 2 heterocycles. The second-order valence-corrected chi connectivity index (χ2v) is 4.67. The quantitative estimate of drug-likeness (QED) is 0.870. The molecule has 0 radical (unpaired) electrons. The maximum atomic E-state index is 11.2. The number of amides is 1. The van der Waals surface area contributed by atoms with Crippen molar-refractivity contribution >= 4 is 22.9 Å². The Kier molecular flexibility index (Phi) is 3.39. The highest BCUT2D eigenvalue weighted by Gasteiger charge is 2.08. The first-order chi connectivity index (χ1) is 8.18. The van der Waals surface area contributed by atoms with Crippen molar-refractivity contribution in [3.63, 3.8) is 0 Å². The second kappa shape index (κ2) is 4.97. The molecule has 3 N–H and O–H groups in total. The van der Waals surface area contributed by atoms with Crippen LogP contribution in [0.3, 0.4) is 0 Å². The summed E-state index contributed by atoms with van der Waals surface area (Å²) in [5.74, 6) is -0.469. The minimum atomic E-state index is -0.469. The third kappa shape index (κ3) is 2.62. The van der Waals surface area contributed by atoms with Crippen LogP contribution in [0.5, 0.6) is 0 Å². The molecule has 4 nitrogen and oxygen atoms in total. The molecular weight excluding hydrogens is 234 g/mol. The number of thiophene rings is 1. The molecule has 2 aromatic rings. The zero-order chi connectivity index (χ0) is 12.3. The summed E-state index contributed by atoms with van der Waals surface area (Å²) in [6, 6.07) is 3.83. The maximum absolute atomic E-state index is 11.2. The van der Waals surface area contributed by atoms with E-state index >= 15 is 0 Å². The molecule has 0 bridgehead atoms. The number of hydrogen-bond acceptors (Lipinski definition) is 4. The van der Waals surface area contributed by atoms with E-state index in [0.29, 0.717) is 12.1 Å². The van der Waals surface area contributed by atoms with E-state index in [9.17, 15) is 4.79 Å². The normalized spacial score (nSPS) is 10.2. The largest absolute Gasteiger partial charge is 0.379 e. The van der Waals surface area contributed by atoms with Crippen LogP contribution < -0.4 is 11.1 Å². The average Bonchev–Trinajstić information content (AvgIpc) is 2.72. The highest BCUT2D eigenvalue weighted by molar-refractivity contribution is 7.10. The van der Waals surface area contributed by atoms with E-state index in [4.69, 9.17) is 5.73 Å². The fraction of sp³-hybridized carbons (Fsp3) is 0.167. The minimum absolute atomic E-state index is 0.418. The van der Waals surface area contributed by atoms with Gasteiger partial charge in [0, 0.05) is 23.8 Å². The van der Waals surface area contributed by atoms with Crippen LogP contribution in [0, 0.1) is 6.92 Å². The first-order valence-corrected chi connectivity index (χ1v) is 6.07. The molecule has 2 aromatic heterocycles. The van der Waals surface area contributed by atoms with E-state index in [1.807, 2.05) is 5.38 Å². The van der Waals surface area contributed by atoms with Gasteiger partial charge in [0.2, 0.25) is 0 Å². The Bertz CT molecular complexity index is 536. The number of rotatable bonds is 4. The van der Waals surface area contributed by atoms with Gasteiger partial charge in [0.05, 0.1) is 11.3 Å². The Hall–Kier alpha value is -1.88. The number of aromatic nitrogens is 1. The van der Waals surface area contributed by atoms with Crippen LogP contribution in [0.2, 0.25) is 0 Å². The SMILES string of the molecule is Cc1ccsc1CNc1ccncc1C(N)=O. The van der Waals surface area contributed by atoms with E-state index in [1.54, 1.807) is 23.6 Å². The van der Waals surface area contributed by atoms with Crippen molar-refractivity contribution in [1.29, 1.82) is 0 Å². The third-order valence-corrected chi connectivity index (χ3v) is 3.52. The molecule has 0 saturated carbocycles. The molecule has 2 rings (SSSR count). The van der Waals surface area contributed by atoms with Gasteiger partial charge in [0.25, 0.3) is 5.91 Å². The van der Waals surface area contributed by atoms with Gasteiger partial charge in [-0.2, -0.15) is 0 Å². The van der Waals surface area contributed by atoms with E-state index in [-0.39, 0.29) is 0 Å². The number of carbonyl (C=O) groups excluding carboxylic acids is 1. The molecule has 88 valence electrons. The molecular formula is C12H13N3OS. The highest BCUT2D eigenvalue weighted by atomic mass is 32.1. The summed E-state index contributed by atoms with van der Waals surface area (Å²) in [5, 5.41) is 5.26. The lowest BCUT2D eigenvalue weighted by atomic mass is 10.2. The molecule has 17 heavy (non-hydrogen) atoms. The number of primary amides is 1. The Labute approximate surface area is 103 Å². The molecule has 0 atom stereocenters. The number of nitrogens with zero attached hydrogens (tertiary/aromatic N) is 1. The smallest absolute Gasteiger partial charge is 0.252 e. The third-order valence-electron chi connectivity index (χ3n) is 2.49. The molecule has 0 unspecified atom stereocenters. The molecule has 0 aliphatic heterocycles.